The highest BCUT2D eigenvalue weighted by Crippen LogP contribution is 2.57. The van der Waals surface area contributed by atoms with Crippen LogP contribution >= 0.6 is 0 Å². The van der Waals surface area contributed by atoms with Crippen molar-refractivity contribution in [2.45, 2.75) is 82.7 Å². The minimum atomic E-state index is -1.23. The summed E-state index contributed by atoms with van der Waals surface area (Å²) in [4.78, 5) is 48.4. The molecule has 8 heteroatoms. The number of carbonyl (C=O) groups is 3. The van der Waals surface area contributed by atoms with Crippen molar-refractivity contribution in [1.29, 1.82) is 0 Å². The molecular formula is C32H43N3O5. The number of ether oxygens (including phenoxy) is 1. The van der Waals surface area contributed by atoms with Crippen LogP contribution < -0.4 is 0 Å². The molecule has 5 atom stereocenters. The Morgan fingerprint density at radius 3 is 2.30 bits per heavy atom. The van der Waals surface area contributed by atoms with Gasteiger partial charge in [0.2, 0.25) is 17.7 Å². The summed E-state index contributed by atoms with van der Waals surface area (Å²) in [6, 6.07) is 9.02. The first-order chi connectivity index (χ1) is 19.0. The zero-order chi connectivity index (χ0) is 28.7. The van der Waals surface area contributed by atoms with E-state index in [4.69, 9.17) is 9.84 Å². The monoisotopic (exact) mass is 549 g/mol. The van der Waals surface area contributed by atoms with Gasteiger partial charge in [-0.3, -0.25) is 14.4 Å². The molecule has 2 saturated heterocycles. The molecule has 4 heterocycles. The van der Waals surface area contributed by atoms with E-state index in [0.29, 0.717) is 39.0 Å². The van der Waals surface area contributed by atoms with E-state index in [0.717, 1.165) is 18.4 Å². The van der Waals surface area contributed by atoms with Crippen LogP contribution in [0.2, 0.25) is 0 Å². The van der Waals surface area contributed by atoms with Gasteiger partial charge in [-0.05, 0) is 46.1 Å². The van der Waals surface area contributed by atoms with Crippen LogP contribution in [0.3, 0.4) is 0 Å². The highest BCUT2D eigenvalue weighted by molar-refractivity contribution is 6.00. The summed E-state index contributed by atoms with van der Waals surface area (Å²) in [6.45, 7) is 9.73. The van der Waals surface area contributed by atoms with E-state index < -0.39 is 34.6 Å². The van der Waals surface area contributed by atoms with Gasteiger partial charge in [-0.15, -0.1) is 0 Å². The lowest BCUT2D eigenvalue weighted by Gasteiger charge is -2.41. The molecule has 1 spiro atoms. The van der Waals surface area contributed by atoms with Gasteiger partial charge in [-0.25, -0.2) is 0 Å². The molecule has 1 aromatic rings. The van der Waals surface area contributed by atoms with Crippen LogP contribution in [0.1, 0.15) is 58.9 Å². The molecule has 5 rings (SSSR count). The second-order valence-corrected chi connectivity index (χ2v) is 12.8. The van der Waals surface area contributed by atoms with Crippen LogP contribution in [0, 0.1) is 11.8 Å². The van der Waals surface area contributed by atoms with E-state index in [1.165, 1.54) is 0 Å². The van der Waals surface area contributed by atoms with Crippen molar-refractivity contribution in [2.24, 2.45) is 11.8 Å². The van der Waals surface area contributed by atoms with E-state index >= 15 is 0 Å². The molecule has 0 aliphatic carbocycles. The molecule has 0 bridgehead atoms. The summed E-state index contributed by atoms with van der Waals surface area (Å²) < 4.78 is 6.91. The van der Waals surface area contributed by atoms with Gasteiger partial charge in [-0.1, -0.05) is 67.5 Å². The van der Waals surface area contributed by atoms with Crippen LogP contribution in [0.25, 0.3) is 0 Å². The maximum absolute atomic E-state index is 14.4. The fourth-order valence-electron chi connectivity index (χ4n) is 7.11. The smallest absolute Gasteiger partial charge is 0.249 e. The number of unbranched alkanes of at least 4 members (excludes halogenated alkanes) is 3. The van der Waals surface area contributed by atoms with Crippen LogP contribution in [-0.4, -0.2) is 86.6 Å². The summed E-state index contributed by atoms with van der Waals surface area (Å²) in [5.41, 5.74) is -1.67. The number of carbonyl (C=O) groups excluding carboxylic acids is 3. The molecule has 216 valence electrons. The highest BCUT2D eigenvalue weighted by atomic mass is 16.5. The third-order valence-electron chi connectivity index (χ3n) is 8.97. The number of amides is 3. The van der Waals surface area contributed by atoms with Gasteiger partial charge in [-0.2, -0.15) is 0 Å². The third-order valence-corrected chi connectivity index (χ3v) is 8.97. The first-order valence-electron chi connectivity index (χ1n) is 14.6. The number of aliphatic hydroxyl groups excluding tert-OH is 1. The molecule has 4 aliphatic rings. The van der Waals surface area contributed by atoms with Crippen LogP contribution in [-0.2, 0) is 25.7 Å². The van der Waals surface area contributed by atoms with Crippen molar-refractivity contribution in [3.63, 3.8) is 0 Å². The Morgan fingerprint density at radius 1 is 0.900 bits per heavy atom. The van der Waals surface area contributed by atoms with Crippen LogP contribution in [0.4, 0.5) is 0 Å². The van der Waals surface area contributed by atoms with Crippen LogP contribution in [0.5, 0.6) is 0 Å². The second-order valence-electron chi connectivity index (χ2n) is 12.8. The van der Waals surface area contributed by atoms with Gasteiger partial charge in [0.15, 0.2) is 0 Å². The minimum Gasteiger partial charge on any atom is -0.396 e. The number of hydrogen-bond acceptors (Lipinski definition) is 5. The summed E-state index contributed by atoms with van der Waals surface area (Å²) in [5, 5.41) is 9.17. The summed E-state index contributed by atoms with van der Waals surface area (Å²) >= 11 is 0. The predicted octanol–water partition coefficient (Wildman–Crippen LogP) is 3.31. The first-order valence-corrected chi connectivity index (χ1v) is 14.6. The molecule has 40 heavy (non-hydrogen) atoms. The summed E-state index contributed by atoms with van der Waals surface area (Å²) in [5.74, 6) is -1.98. The predicted molar refractivity (Wildman–Crippen MR) is 152 cm³/mol. The number of hydrogen-bond donors (Lipinski definition) is 1. The Labute approximate surface area is 237 Å². The van der Waals surface area contributed by atoms with E-state index in [9.17, 15) is 14.4 Å². The Morgan fingerprint density at radius 2 is 1.60 bits per heavy atom. The molecule has 3 amide bonds. The highest BCUT2D eigenvalue weighted by Gasteiger charge is 2.74. The van der Waals surface area contributed by atoms with Crippen molar-refractivity contribution < 1.29 is 24.2 Å². The maximum Gasteiger partial charge on any atom is 0.249 e. The molecule has 4 aliphatic heterocycles. The fraction of sp³-hybridized carbons (Fsp3) is 0.594. The fourth-order valence-corrected chi connectivity index (χ4v) is 7.11. The Balaban J connectivity index is 1.54. The molecule has 8 nitrogen and oxygen atoms in total. The molecule has 2 fully saturated rings. The zero-order valence-electron chi connectivity index (χ0n) is 24.2. The molecule has 0 saturated carbocycles. The molecule has 1 unspecified atom stereocenters. The topological polar surface area (TPSA) is 90.4 Å². The minimum absolute atomic E-state index is 0.118. The second kappa shape index (κ2) is 10.8. The standard InChI is InChI=1S/C32H43N3O5/c1-30(2,3)35-20-13-17-32-25(28(38)34(26(32)29(35)39)19-10-5-6-11-21-36)24-27(37)33(18-12-16-31(24,4)40-32)22-23-14-8-7-9-15-23/h7-9,12-17,24-26,36H,5-6,10-11,18-22H2,1-4H3/t24-,25+,26?,31+,32+/m1/s1. The van der Waals surface area contributed by atoms with Crippen LogP contribution in [0.15, 0.2) is 54.6 Å². The van der Waals surface area contributed by atoms with E-state index in [2.05, 4.69) is 0 Å². The largest absolute Gasteiger partial charge is 0.396 e. The first kappa shape index (κ1) is 28.6. The van der Waals surface area contributed by atoms with Crippen molar-refractivity contribution in [3.05, 3.63) is 60.2 Å². The lowest BCUT2D eigenvalue weighted by atomic mass is 9.74. The Bertz CT molecular complexity index is 1190. The number of nitrogens with zero attached hydrogens (tertiary/aromatic N) is 3. The number of benzene rings is 1. The quantitative estimate of drug-likeness (QED) is 0.397. The van der Waals surface area contributed by atoms with Gasteiger partial charge < -0.3 is 24.5 Å². The Hall–Kier alpha value is -2.97. The molecule has 0 aromatic heterocycles. The third kappa shape index (κ3) is 4.79. The van der Waals surface area contributed by atoms with Crippen molar-refractivity contribution in [2.75, 3.05) is 26.2 Å². The lowest BCUT2D eigenvalue weighted by Crippen LogP contribution is -2.59. The van der Waals surface area contributed by atoms with E-state index in [1.54, 1.807) is 9.80 Å². The average molecular weight is 550 g/mol. The van der Waals surface area contributed by atoms with Crippen molar-refractivity contribution in [3.8, 4) is 0 Å². The maximum atomic E-state index is 14.4. The molecule has 1 N–H and O–H groups in total. The summed E-state index contributed by atoms with van der Waals surface area (Å²) in [6.07, 6.45) is 10.9. The molecular weight excluding hydrogens is 506 g/mol. The average Bonchev–Trinajstić information content (AvgIpc) is 3.16. The van der Waals surface area contributed by atoms with E-state index in [-0.39, 0.29) is 24.3 Å². The van der Waals surface area contributed by atoms with Gasteiger partial charge in [0, 0.05) is 38.3 Å². The van der Waals surface area contributed by atoms with Gasteiger partial charge in [0.05, 0.1) is 17.4 Å². The van der Waals surface area contributed by atoms with Crippen molar-refractivity contribution >= 4 is 17.7 Å². The van der Waals surface area contributed by atoms with E-state index in [1.807, 2.05) is 87.2 Å². The number of likely N-dealkylation sites (tertiary alicyclic amines) is 1. The number of aliphatic hydroxyl groups is 1. The molecule has 0 radical (unpaired) electrons. The molecule has 1 aromatic carbocycles. The normalized spacial score (nSPS) is 31.8. The summed E-state index contributed by atoms with van der Waals surface area (Å²) in [7, 11) is 0. The SMILES string of the molecule is CC(C)(C)N1CC=C[C@]23O[C@@]4(C)C=CCN(Cc5ccccc5)C(=O)[C@H]4[C@H]2C(=O)N(CCCCCCO)C3C1=O. The van der Waals surface area contributed by atoms with Crippen molar-refractivity contribution in [1.82, 2.24) is 14.7 Å². The number of fused-ring (bicyclic) bond motifs is 2. The Kier molecular flexibility index (Phi) is 7.70. The van der Waals surface area contributed by atoms with Gasteiger partial charge in [0.1, 0.15) is 11.6 Å². The van der Waals surface area contributed by atoms with Gasteiger partial charge >= 0.3 is 0 Å². The lowest BCUT2D eigenvalue weighted by molar-refractivity contribution is -0.155. The zero-order valence-corrected chi connectivity index (χ0v) is 24.2. The van der Waals surface area contributed by atoms with Gasteiger partial charge in [0.25, 0.3) is 0 Å². The number of rotatable bonds is 8.